The van der Waals surface area contributed by atoms with Crippen LogP contribution in [0.5, 0.6) is 0 Å². The maximum absolute atomic E-state index is 11.8. The Labute approximate surface area is 180 Å². The third-order valence-electron chi connectivity index (χ3n) is 4.04. The molecule has 0 saturated heterocycles. The van der Waals surface area contributed by atoms with Gasteiger partial charge in [-0.3, -0.25) is 0 Å². The summed E-state index contributed by atoms with van der Waals surface area (Å²) < 4.78 is 10.6. The van der Waals surface area contributed by atoms with E-state index in [1.165, 1.54) is 9.15 Å². The predicted octanol–water partition coefficient (Wildman–Crippen LogP) is 7.76. The summed E-state index contributed by atoms with van der Waals surface area (Å²) in [6, 6.07) is 0. The van der Waals surface area contributed by atoms with Crippen molar-refractivity contribution in [1.29, 1.82) is 0 Å². The van der Waals surface area contributed by atoms with Crippen LogP contribution >= 0.6 is 31.4 Å². The second kappa shape index (κ2) is 13.8. The Bertz CT molecular complexity index is 545. The van der Waals surface area contributed by atoms with E-state index in [0.717, 1.165) is 34.9 Å². The molecular weight excluding hydrogens is 471 g/mol. The van der Waals surface area contributed by atoms with E-state index in [2.05, 4.69) is 65.5 Å². The normalized spacial score (nSPS) is 16.0. The fraction of sp³-hybridized carbons (Fsp3) is 0.696. The third-order valence-corrected chi connectivity index (χ3v) is 10.9. The van der Waals surface area contributed by atoms with Crippen molar-refractivity contribution in [1.82, 2.24) is 0 Å². The van der Waals surface area contributed by atoms with Gasteiger partial charge in [0.2, 0.25) is 0 Å². The Morgan fingerprint density at radius 1 is 1.11 bits per heavy atom. The standard InChI is InChI=1S/C23H40ClIO2/c1-10-25(23(18(6)7)22(27-9)12-17(4)5)14-20(15-26)21(24)13-19(8)11-16(2)3/h11,14-18,21H,10,12-13H2,1-9H3/b19-11-,20-14-,23-22+. The molecule has 0 rings (SSSR count). The van der Waals surface area contributed by atoms with Crippen LogP contribution in [0.15, 0.2) is 30.6 Å². The van der Waals surface area contributed by atoms with Crippen molar-refractivity contribution in [2.45, 2.75) is 73.6 Å². The average Bonchev–Trinajstić information content (AvgIpc) is 2.55. The van der Waals surface area contributed by atoms with E-state index in [4.69, 9.17) is 16.3 Å². The fourth-order valence-electron chi connectivity index (χ4n) is 3.02. The van der Waals surface area contributed by atoms with Crippen molar-refractivity contribution in [3.05, 3.63) is 30.6 Å². The van der Waals surface area contributed by atoms with Gasteiger partial charge in [-0.1, -0.05) is 0 Å². The summed E-state index contributed by atoms with van der Waals surface area (Å²) in [5, 5.41) is -0.256. The van der Waals surface area contributed by atoms with Gasteiger partial charge < -0.3 is 0 Å². The topological polar surface area (TPSA) is 26.3 Å². The number of alkyl halides is 2. The number of carbonyl (C=O) groups excluding carboxylic acids is 1. The first-order valence-electron chi connectivity index (χ1n) is 9.96. The van der Waals surface area contributed by atoms with Gasteiger partial charge in [0.1, 0.15) is 0 Å². The monoisotopic (exact) mass is 510 g/mol. The Morgan fingerprint density at radius 3 is 2.07 bits per heavy atom. The minimum absolute atomic E-state index is 0.256. The molecule has 0 saturated carbocycles. The molecule has 0 aromatic carbocycles. The van der Waals surface area contributed by atoms with Gasteiger partial charge in [0.25, 0.3) is 0 Å². The number of rotatable bonds is 12. The summed E-state index contributed by atoms with van der Waals surface area (Å²) in [4.78, 5) is 11.8. The summed E-state index contributed by atoms with van der Waals surface area (Å²) in [5.74, 6) is 2.58. The van der Waals surface area contributed by atoms with Gasteiger partial charge in [0.05, 0.1) is 0 Å². The summed E-state index contributed by atoms with van der Waals surface area (Å²) >= 11 is 4.97. The molecule has 27 heavy (non-hydrogen) atoms. The van der Waals surface area contributed by atoms with Crippen molar-refractivity contribution in [3.8, 4) is 0 Å². The molecule has 0 amide bonds. The van der Waals surface area contributed by atoms with Crippen LogP contribution in [0.2, 0.25) is 0 Å². The molecule has 4 heteroatoms. The molecule has 0 N–H and O–H groups in total. The summed E-state index contributed by atoms with van der Waals surface area (Å²) in [6.07, 6.45) is 4.86. The van der Waals surface area contributed by atoms with Gasteiger partial charge in [0, 0.05) is 0 Å². The molecule has 0 aliphatic rings. The van der Waals surface area contributed by atoms with Gasteiger partial charge in [-0.2, -0.15) is 0 Å². The van der Waals surface area contributed by atoms with E-state index in [1.54, 1.807) is 7.11 Å². The Morgan fingerprint density at radius 2 is 1.70 bits per heavy atom. The van der Waals surface area contributed by atoms with Crippen molar-refractivity contribution in [2.24, 2.45) is 17.8 Å². The number of hydrogen-bond donors (Lipinski definition) is 0. The zero-order valence-corrected chi connectivity index (χ0v) is 21.6. The van der Waals surface area contributed by atoms with E-state index >= 15 is 0 Å². The number of halogens is 2. The second-order valence-corrected chi connectivity index (χ2v) is 14.2. The van der Waals surface area contributed by atoms with Gasteiger partial charge in [-0.25, -0.2) is 0 Å². The molecule has 0 aliphatic carbocycles. The molecule has 0 heterocycles. The van der Waals surface area contributed by atoms with Crippen LogP contribution in [0, 0.1) is 17.8 Å². The first-order valence-corrected chi connectivity index (χ1v) is 14.2. The molecule has 158 valence electrons. The van der Waals surface area contributed by atoms with Crippen molar-refractivity contribution in [2.75, 3.05) is 11.5 Å². The first-order chi connectivity index (χ1) is 12.6. The molecule has 1 unspecified atom stereocenters. The summed E-state index contributed by atoms with van der Waals surface area (Å²) in [6.45, 7) is 17.5. The third kappa shape index (κ3) is 10.2. The quantitative estimate of drug-likeness (QED) is 0.0669. The summed E-state index contributed by atoms with van der Waals surface area (Å²) in [7, 11) is 1.78. The number of aldehydes is 1. The molecule has 2 nitrogen and oxygen atoms in total. The van der Waals surface area contributed by atoms with E-state index in [1.807, 2.05) is 0 Å². The van der Waals surface area contributed by atoms with Crippen LogP contribution in [-0.4, -0.2) is 23.2 Å². The predicted molar refractivity (Wildman–Crippen MR) is 130 cm³/mol. The fourth-order valence-corrected chi connectivity index (χ4v) is 9.45. The van der Waals surface area contributed by atoms with Crippen molar-refractivity contribution in [3.63, 3.8) is 0 Å². The van der Waals surface area contributed by atoms with Gasteiger partial charge in [0.15, 0.2) is 0 Å². The zero-order valence-electron chi connectivity index (χ0n) is 18.7. The van der Waals surface area contributed by atoms with Crippen LogP contribution in [0.1, 0.15) is 68.2 Å². The van der Waals surface area contributed by atoms with Crippen LogP contribution in [0.25, 0.3) is 0 Å². The van der Waals surface area contributed by atoms with E-state index in [-0.39, 0.29) is 5.38 Å². The van der Waals surface area contributed by atoms with E-state index in [0.29, 0.717) is 17.8 Å². The molecule has 1 atom stereocenters. The minimum atomic E-state index is -1.68. The number of carbonyl (C=O) groups is 1. The van der Waals surface area contributed by atoms with E-state index < -0.39 is 19.8 Å². The van der Waals surface area contributed by atoms with Gasteiger partial charge >= 0.3 is 181 Å². The van der Waals surface area contributed by atoms with Crippen LogP contribution in [-0.2, 0) is 9.53 Å². The SMILES string of the molecule is CCI(/C=C(/C=O)C(Cl)C/C(C)=C\C(C)C)/C(=C(\CC(C)C)OC)C(C)C. The number of methoxy groups -OCH3 is 1. The van der Waals surface area contributed by atoms with Gasteiger partial charge in [-0.15, -0.1) is 0 Å². The van der Waals surface area contributed by atoms with Crippen LogP contribution in [0.3, 0.4) is 0 Å². The molecule has 0 aliphatic heterocycles. The zero-order chi connectivity index (χ0) is 21.1. The van der Waals surface area contributed by atoms with E-state index in [9.17, 15) is 4.79 Å². The summed E-state index contributed by atoms with van der Waals surface area (Å²) in [5.41, 5.74) is 1.99. The van der Waals surface area contributed by atoms with Crippen LogP contribution in [0.4, 0.5) is 0 Å². The number of allylic oxidation sites excluding steroid dienone is 5. The molecule has 0 radical (unpaired) electrons. The first kappa shape index (κ1) is 26.7. The van der Waals surface area contributed by atoms with Crippen LogP contribution < -0.4 is 0 Å². The number of hydrogen-bond acceptors (Lipinski definition) is 2. The Hall–Kier alpha value is -0.290. The average molecular weight is 511 g/mol. The number of ether oxygens (including phenoxy) is 1. The molecule has 0 aromatic heterocycles. The molecular formula is C23H40ClIO2. The molecule has 0 bridgehead atoms. The van der Waals surface area contributed by atoms with Gasteiger partial charge in [-0.05, 0) is 0 Å². The Kier molecular flexibility index (Phi) is 13.7. The molecule has 0 aromatic rings. The van der Waals surface area contributed by atoms with Crippen molar-refractivity contribution >= 4 is 37.7 Å². The Balaban J connectivity index is 5.86. The second-order valence-electron chi connectivity index (χ2n) is 8.05. The van der Waals surface area contributed by atoms with Crippen molar-refractivity contribution < 1.29 is 9.53 Å². The maximum atomic E-state index is 11.8. The molecule has 0 fully saturated rings. The molecule has 0 spiro atoms.